The van der Waals surface area contributed by atoms with Crippen molar-refractivity contribution in [3.05, 3.63) is 66.2 Å². The SMILES string of the molecule is O=C1C[C@H](C[S+]([O-])c2ccccc2)N1C(=O)NCc1ccccc1. The lowest BCUT2D eigenvalue weighted by Crippen LogP contribution is -2.60. The van der Waals surface area contributed by atoms with E-state index in [0.717, 1.165) is 5.56 Å². The average Bonchev–Trinajstić information content (AvgIpc) is 2.61. The van der Waals surface area contributed by atoms with Crippen molar-refractivity contribution >= 4 is 23.1 Å². The molecule has 124 valence electrons. The molecule has 2 atom stereocenters. The van der Waals surface area contributed by atoms with Crippen LogP contribution >= 0.6 is 0 Å². The van der Waals surface area contributed by atoms with Crippen LogP contribution in [-0.4, -0.2) is 33.2 Å². The summed E-state index contributed by atoms with van der Waals surface area (Å²) >= 11 is -1.23. The minimum absolute atomic E-state index is 0.226. The number of likely N-dealkylation sites (tertiary alicyclic amines) is 1. The van der Waals surface area contributed by atoms with Crippen molar-refractivity contribution in [3.63, 3.8) is 0 Å². The van der Waals surface area contributed by atoms with Gasteiger partial charge >= 0.3 is 6.03 Å². The molecule has 1 N–H and O–H groups in total. The summed E-state index contributed by atoms with van der Waals surface area (Å²) in [5.74, 6) is 0.0461. The number of benzene rings is 2. The highest BCUT2D eigenvalue weighted by Crippen LogP contribution is 2.24. The second-order valence-electron chi connectivity index (χ2n) is 5.59. The Morgan fingerprint density at radius 1 is 1.12 bits per heavy atom. The lowest BCUT2D eigenvalue weighted by Gasteiger charge is -2.37. The van der Waals surface area contributed by atoms with Crippen molar-refractivity contribution in [1.82, 2.24) is 10.2 Å². The standard InChI is InChI=1S/C18H18N2O3S/c21-17-11-15(13-24(23)16-9-5-2-6-10-16)20(17)18(22)19-12-14-7-3-1-4-8-14/h1-10,15H,11-13H2,(H,19,22)/t15-,24?/m1/s1. The molecule has 0 spiro atoms. The third-order valence-corrected chi connectivity index (χ3v) is 5.38. The van der Waals surface area contributed by atoms with E-state index in [-0.39, 0.29) is 24.1 Å². The van der Waals surface area contributed by atoms with E-state index in [1.807, 2.05) is 48.5 Å². The zero-order valence-corrected chi connectivity index (χ0v) is 13.9. The maximum Gasteiger partial charge on any atom is 0.324 e. The van der Waals surface area contributed by atoms with Gasteiger partial charge in [0.25, 0.3) is 0 Å². The van der Waals surface area contributed by atoms with Crippen LogP contribution in [0.5, 0.6) is 0 Å². The average molecular weight is 342 g/mol. The van der Waals surface area contributed by atoms with Crippen molar-refractivity contribution in [3.8, 4) is 0 Å². The smallest absolute Gasteiger partial charge is 0.324 e. The Labute approximate surface area is 143 Å². The molecule has 2 aromatic carbocycles. The summed E-state index contributed by atoms with van der Waals surface area (Å²) in [4.78, 5) is 25.9. The first-order chi connectivity index (χ1) is 11.6. The van der Waals surface area contributed by atoms with Crippen LogP contribution in [-0.2, 0) is 22.5 Å². The van der Waals surface area contributed by atoms with Gasteiger partial charge in [0.05, 0.1) is 12.5 Å². The maximum absolute atomic E-state index is 12.3. The molecular weight excluding hydrogens is 324 g/mol. The van der Waals surface area contributed by atoms with Crippen LogP contribution in [0.1, 0.15) is 12.0 Å². The van der Waals surface area contributed by atoms with Crippen LogP contribution in [0.2, 0.25) is 0 Å². The summed E-state index contributed by atoms with van der Waals surface area (Å²) in [6.45, 7) is 0.359. The molecule has 3 amide bonds. The number of carbonyl (C=O) groups excluding carboxylic acids is 2. The van der Waals surface area contributed by atoms with E-state index in [0.29, 0.717) is 11.4 Å². The summed E-state index contributed by atoms with van der Waals surface area (Å²) in [5, 5.41) is 2.74. The zero-order valence-electron chi connectivity index (χ0n) is 13.1. The number of nitrogens with zero attached hydrogens (tertiary/aromatic N) is 1. The van der Waals surface area contributed by atoms with Gasteiger partial charge in [0.1, 0.15) is 5.75 Å². The van der Waals surface area contributed by atoms with Crippen molar-refractivity contribution < 1.29 is 14.1 Å². The van der Waals surface area contributed by atoms with Crippen molar-refractivity contribution in [2.75, 3.05) is 5.75 Å². The predicted molar refractivity (Wildman–Crippen MR) is 91.6 cm³/mol. The lowest BCUT2D eigenvalue weighted by atomic mass is 10.1. The molecule has 0 radical (unpaired) electrons. The second-order valence-corrected chi connectivity index (χ2v) is 7.09. The lowest BCUT2D eigenvalue weighted by molar-refractivity contribution is -0.139. The molecule has 0 bridgehead atoms. The Bertz CT molecular complexity index is 709. The van der Waals surface area contributed by atoms with Gasteiger partial charge in [0.15, 0.2) is 4.90 Å². The monoisotopic (exact) mass is 342 g/mol. The largest absolute Gasteiger partial charge is 0.611 e. The van der Waals surface area contributed by atoms with Gasteiger partial charge in [-0.3, -0.25) is 9.69 Å². The Balaban J connectivity index is 1.56. The summed E-state index contributed by atoms with van der Waals surface area (Å²) < 4.78 is 12.3. The van der Waals surface area contributed by atoms with Gasteiger partial charge in [-0.2, -0.15) is 0 Å². The van der Waals surface area contributed by atoms with Crippen LogP contribution < -0.4 is 5.32 Å². The fraction of sp³-hybridized carbons (Fsp3) is 0.222. The minimum Gasteiger partial charge on any atom is -0.611 e. The van der Waals surface area contributed by atoms with E-state index < -0.39 is 17.2 Å². The highest BCUT2D eigenvalue weighted by molar-refractivity contribution is 7.91. The van der Waals surface area contributed by atoms with Crippen molar-refractivity contribution in [2.24, 2.45) is 0 Å². The Morgan fingerprint density at radius 2 is 1.75 bits per heavy atom. The number of imide groups is 1. The van der Waals surface area contributed by atoms with Gasteiger partial charge in [-0.05, 0) is 28.9 Å². The summed E-state index contributed by atoms with van der Waals surface area (Å²) in [6.07, 6.45) is 0.261. The van der Waals surface area contributed by atoms with E-state index in [2.05, 4.69) is 5.32 Å². The van der Waals surface area contributed by atoms with E-state index >= 15 is 0 Å². The van der Waals surface area contributed by atoms with E-state index in [1.54, 1.807) is 12.1 Å². The minimum atomic E-state index is -1.23. The molecular formula is C18H18N2O3S. The molecule has 6 heteroatoms. The zero-order chi connectivity index (χ0) is 16.9. The van der Waals surface area contributed by atoms with Crippen LogP contribution in [0.15, 0.2) is 65.6 Å². The predicted octanol–water partition coefficient (Wildman–Crippen LogP) is 2.30. The van der Waals surface area contributed by atoms with Gasteiger partial charge in [-0.25, -0.2) is 4.79 Å². The maximum atomic E-state index is 12.3. The van der Waals surface area contributed by atoms with Gasteiger partial charge in [0, 0.05) is 6.54 Å². The summed E-state index contributed by atoms with van der Waals surface area (Å²) in [7, 11) is 0. The number of hydrogen-bond acceptors (Lipinski definition) is 3. The van der Waals surface area contributed by atoms with E-state index in [1.165, 1.54) is 4.90 Å². The molecule has 3 rings (SSSR count). The van der Waals surface area contributed by atoms with Crippen molar-refractivity contribution in [2.45, 2.75) is 23.9 Å². The van der Waals surface area contributed by atoms with Gasteiger partial charge in [0.2, 0.25) is 5.91 Å². The van der Waals surface area contributed by atoms with Crippen LogP contribution in [0, 0.1) is 0 Å². The van der Waals surface area contributed by atoms with E-state index in [9.17, 15) is 14.1 Å². The molecule has 1 unspecified atom stereocenters. The van der Waals surface area contributed by atoms with Crippen LogP contribution in [0.4, 0.5) is 4.79 Å². The molecule has 0 aromatic heterocycles. The molecule has 1 aliphatic rings. The number of rotatable bonds is 5. The molecule has 5 nitrogen and oxygen atoms in total. The van der Waals surface area contributed by atoms with Crippen LogP contribution in [0.25, 0.3) is 0 Å². The number of carbonyl (C=O) groups is 2. The summed E-state index contributed by atoms with van der Waals surface area (Å²) in [5.41, 5.74) is 0.961. The fourth-order valence-electron chi connectivity index (χ4n) is 2.60. The Kier molecular flexibility index (Phi) is 5.17. The third-order valence-electron chi connectivity index (χ3n) is 3.90. The van der Waals surface area contributed by atoms with Gasteiger partial charge in [-0.1, -0.05) is 48.5 Å². The fourth-order valence-corrected chi connectivity index (χ4v) is 3.87. The number of nitrogens with one attached hydrogen (secondary N) is 1. The molecule has 1 aliphatic heterocycles. The number of β-lactam (4-membered cyclic amide) rings is 1. The first kappa shape index (κ1) is 16.5. The summed E-state index contributed by atoms with van der Waals surface area (Å²) in [6, 6.07) is 17.8. The Hall–Kier alpha value is -2.31. The molecule has 1 fully saturated rings. The highest BCUT2D eigenvalue weighted by atomic mass is 32.2. The van der Waals surface area contributed by atoms with E-state index in [4.69, 9.17) is 0 Å². The third kappa shape index (κ3) is 3.77. The highest BCUT2D eigenvalue weighted by Gasteiger charge is 2.43. The number of urea groups is 1. The van der Waals surface area contributed by atoms with Crippen LogP contribution in [0.3, 0.4) is 0 Å². The first-order valence-electron chi connectivity index (χ1n) is 7.72. The molecule has 1 saturated heterocycles. The molecule has 0 aliphatic carbocycles. The van der Waals surface area contributed by atoms with Gasteiger partial charge in [-0.15, -0.1) is 0 Å². The quantitative estimate of drug-likeness (QED) is 0.669. The normalized spacial score (nSPS) is 18.0. The topological polar surface area (TPSA) is 72.5 Å². The Morgan fingerprint density at radius 3 is 2.38 bits per heavy atom. The molecule has 24 heavy (non-hydrogen) atoms. The number of hydrogen-bond donors (Lipinski definition) is 1. The second kappa shape index (κ2) is 7.51. The molecule has 1 heterocycles. The van der Waals surface area contributed by atoms with Gasteiger partial charge < -0.3 is 9.87 Å². The molecule has 0 saturated carbocycles. The van der Waals surface area contributed by atoms with Crippen molar-refractivity contribution in [1.29, 1.82) is 0 Å². The number of amides is 3. The first-order valence-corrected chi connectivity index (χ1v) is 9.04. The molecule has 2 aromatic rings.